The highest BCUT2D eigenvalue weighted by molar-refractivity contribution is 5.68. The minimum atomic E-state index is -4.79. The van der Waals surface area contributed by atoms with Gasteiger partial charge in [-0.25, -0.2) is 9.18 Å². The zero-order valence-electron chi connectivity index (χ0n) is 13.8. The van der Waals surface area contributed by atoms with Gasteiger partial charge in [-0.05, 0) is 56.8 Å². The zero-order valence-corrected chi connectivity index (χ0v) is 13.8. The molecule has 1 saturated carbocycles. The second-order valence-corrected chi connectivity index (χ2v) is 7.02. The third-order valence-electron chi connectivity index (χ3n) is 4.87. The summed E-state index contributed by atoms with van der Waals surface area (Å²) in [7, 11) is 0. The molecule has 0 radical (unpaired) electrons. The van der Waals surface area contributed by atoms with Gasteiger partial charge in [-0.3, -0.25) is 0 Å². The molecule has 1 aliphatic carbocycles. The maximum absolute atomic E-state index is 13.4. The molecule has 0 unspecified atom stereocenters. The fourth-order valence-electron chi connectivity index (χ4n) is 3.18. The lowest BCUT2D eigenvalue weighted by Gasteiger charge is -2.25. The van der Waals surface area contributed by atoms with E-state index in [1.165, 1.54) is 6.07 Å². The molecule has 1 saturated heterocycles. The van der Waals surface area contributed by atoms with Crippen molar-refractivity contribution in [2.45, 2.75) is 49.9 Å². The number of carbonyl (C=O) groups excluding carboxylic acids is 1. The van der Waals surface area contributed by atoms with Crippen molar-refractivity contribution in [2.24, 2.45) is 0 Å². The molecule has 1 atom stereocenters. The maximum Gasteiger partial charge on any atom is 0.419 e. The fourth-order valence-corrected chi connectivity index (χ4v) is 3.18. The molecule has 1 aromatic carbocycles. The number of ether oxygens (including phenoxy) is 1. The number of carbonyl (C=O) groups is 1. The van der Waals surface area contributed by atoms with Gasteiger partial charge in [0.2, 0.25) is 0 Å². The Labute approximate surface area is 142 Å². The molecule has 1 heterocycles. The smallest absolute Gasteiger partial charge is 0.419 e. The Balaban J connectivity index is 1.67. The molecule has 3 rings (SSSR count). The number of benzene rings is 1. The van der Waals surface area contributed by atoms with E-state index < -0.39 is 29.3 Å². The molecule has 1 aromatic rings. The number of nitrogens with one attached hydrogen (secondary N) is 2. The average molecular weight is 360 g/mol. The third kappa shape index (κ3) is 3.89. The Morgan fingerprint density at radius 3 is 2.60 bits per heavy atom. The van der Waals surface area contributed by atoms with Gasteiger partial charge >= 0.3 is 12.3 Å². The standard InChI is InChI=1S/C17H20F4N2O2/c1-15(5-2-8-23-15)10-22-14(24)25-16(6-7-16)11-3-4-13(18)12(9-11)17(19,20)21/h3-4,9,23H,2,5-8,10H2,1H3,(H,22,24)/t15-/m0/s1. The van der Waals surface area contributed by atoms with Crippen LogP contribution in [0.15, 0.2) is 18.2 Å². The van der Waals surface area contributed by atoms with Gasteiger partial charge in [-0.1, -0.05) is 6.07 Å². The van der Waals surface area contributed by atoms with Crippen LogP contribution < -0.4 is 10.6 Å². The van der Waals surface area contributed by atoms with E-state index in [2.05, 4.69) is 10.6 Å². The maximum atomic E-state index is 13.4. The van der Waals surface area contributed by atoms with E-state index in [1.807, 2.05) is 6.92 Å². The Bertz CT molecular complexity index is 665. The van der Waals surface area contributed by atoms with Crippen molar-refractivity contribution < 1.29 is 27.1 Å². The van der Waals surface area contributed by atoms with Gasteiger partial charge in [0.1, 0.15) is 11.4 Å². The van der Waals surface area contributed by atoms with E-state index in [1.54, 1.807) is 0 Å². The predicted molar refractivity (Wildman–Crippen MR) is 82.4 cm³/mol. The van der Waals surface area contributed by atoms with Crippen LogP contribution >= 0.6 is 0 Å². The molecule has 4 nitrogen and oxygen atoms in total. The number of alkyl halides is 3. The molecule has 2 fully saturated rings. The number of amides is 1. The van der Waals surface area contributed by atoms with Gasteiger partial charge < -0.3 is 15.4 Å². The van der Waals surface area contributed by atoms with Crippen LogP contribution in [-0.2, 0) is 16.5 Å². The van der Waals surface area contributed by atoms with Gasteiger partial charge in [-0.2, -0.15) is 13.2 Å². The highest BCUT2D eigenvalue weighted by atomic mass is 19.4. The molecule has 0 spiro atoms. The Morgan fingerprint density at radius 2 is 2.04 bits per heavy atom. The van der Waals surface area contributed by atoms with Gasteiger partial charge in [0.05, 0.1) is 5.56 Å². The lowest BCUT2D eigenvalue weighted by Crippen LogP contribution is -2.47. The highest BCUT2D eigenvalue weighted by Gasteiger charge is 2.50. The molecule has 8 heteroatoms. The monoisotopic (exact) mass is 360 g/mol. The van der Waals surface area contributed by atoms with Gasteiger partial charge in [0.25, 0.3) is 0 Å². The van der Waals surface area contributed by atoms with Crippen molar-refractivity contribution in [3.05, 3.63) is 35.1 Å². The SMILES string of the molecule is C[C@@]1(CNC(=O)OC2(c3ccc(F)c(C(F)(F)F)c3)CC2)CCCN1. The van der Waals surface area contributed by atoms with Gasteiger partial charge in [-0.15, -0.1) is 0 Å². The minimum Gasteiger partial charge on any atom is -0.438 e. The summed E-state index contributed by atoms with van der Waals surface area (Å²) in [5, 5.41) is 5.96. The van der Waals surface area contributed by atoms with Gasteiger partial charge in [0.15, 0.2) is 0 Å². The first kappa shape index (κ1) is 18.0. The minimum absolute atomic E-state index is 0.168. The van der Waals surface area contributed by atoms with E-state index in [-0.39, 0.29) is 11.1 Å². The topological polar surface area (TPSA) is 50.4 Å². The van der Waals surface area contributed by atoms with Crippen LogP contribution in [0, 0.1) is 5.82 Å². The van der Waals surface area contributed by atoms with Crippen LogP contribution in [0.25, 0.3) is 0 Å². The first-order valence-electron chi connectivity index (χ1n) is 8.23. The van der Waals surface area contributed by atoms with E-state index >= 15 is 0 Å². The molecule has 138 valence electrons. The first-order chi connectivity index (χ1) is 11.6. The lowest BCUT2D eigenvalue weighted by molar-refractivity contribution is -0.140. The third-order valence-corrected chi connectivity index (χ3v) is 4.87. The summed E-state index contributed by atoms with van der Waals surface area (Å²) < 4.78 is 57.4. The quantitative estimate of drug-likeness (QED) is 0.805. The van der Waals surface area contributed by atoms with Crippen LogP contribution in [0.5, 0.6) is 0 Å². The number of halogens is 4. The molecule has 0 aromatic heterocycles. The number of hydrogen-bond acceptors (Lipinski definition) is 3. The number of hydrogen-bond donors (Lipinski definition) is 2. The predicted octanol–water partition coefficient (Wildman–Crippen LogP) is 3.70. The van der Waals surface area contributed by atoms with Crippen LogP contribution in [0.3, 0.4) is 0 Å². The van der Waals surface area contributed by atoms with Crippen LogP contribution in [0.2, 0.25) is 0 Å². The zero-order chi connectivity index (χ0) is 18.3. The summed E-state index contributed by atoms with van der Waals surface area (Å²) >= 11 is 0. The number of rotatable bonds is 4. The average Bonchev–Trinajstić information content (AvgIpc) is 3.17. The molecule has 25 heavy (non-hydrogen) atoms. The van der Waals surface area contributed by atoms with E-state index in [9.17, 15) is 22.4 Å². The van der Waals surface area contributed by atoms with Crippen molar-refractivity contribution in [1.82, 2.24) is 10.6 Å². The Morgan fingerprint density at radius 1 is 1.32 bits per heavy atom. The molecular formula is C17H20F4N2O2. The molecule has 2 N–H and O–H groups in total. The largest absolute Gasteiger partial charge is 0.438 e. The summed E-state index contributed by atoms with van der Waals surface area (Å²) in [6.45, 7) is 3.24. The second-order valence-electron chi connectivity index (χ2n) is 7.02. The summed E-state index contributed by atoms with van der Waals surface area (Å²) in [5.41, 5.74) is -2.47. The second kappa shape index (κ2) is 6.16. The normalized spacial score (nSPS) is 24.8. The van der Waals surface area contributed by atoms with Crippen molar-refractivity contribution in [3.63, 3.8) is 0 Å². The van der Waals surface area contributed by atoms with Crippen molar-refractivity contribution in [2.75, 3.05) is 13.1 Å². The molecular weight excluding hydrogens is 340 g/mol. The molecule has 2 aliphatic rings. The summed E-state index contributed by atoms with van der Waals surface area (Å²) in [6, 6.07) is 2.74. The van der Waals surface area contributed by atoms with Gasteiger partial charge in [0, 0.05) is 12.1 Å². The lowest BCUT2D eigenvalue weighted by atomic mass is 10.0. The van der Waals surface area contributed by atoms with Crippen molar-refractivity contribution >= 4 is 6.09 Å². The van der Waals surface area contributed by atoms with Crippen molar-refractivity contribution in [1.29, 1.82) is 0 Å². The number of alkyl carbamates (subject to hydrolysis) is 1. The van der Waals surface area contributed by atoms with Crippen LogP contribution in [0.1, 0.15) is 43.7 Å². The van der Waals surface area contributed by atoms with E-state index in [0.29, 0.717) is 19.4 Å². The summed E-state index contributed by atoms with van der Waals surface area (Å²) in [6.07, 6.45) is -2.69. The summed E-state index contributed by atoms with van der Waals surface area (Å²) in [4.78, 5) is 12.1. The molecule has 1 aliphatic heterocycles. The van der Waals surface area contributed by atoms with E-state index in [0.717, 1.165) is 31.5 Å². The summed E-state index contributed by atoms with van der Waals surface area (Å²) in [5.74, 6) is -1.34. The van der Waals surface area contributed by atoms with Crippen LogP contribution in [0.4, 0.5) is 22.4 Å². The highest BCUT2D eigenvalue weighted by Crippen LogP contribution is 2.50. The molecule has 1 amide bonds. The van der Waals surface area contributed by atoms with Crippen molar-refractivity contribution in [3.8, 4) is 0 Å². The van der Waals surface area contributed by atoms with E-state index in [4.69, 9.17) is 4.74 Å². The Kier molecular flexibility index (Phi) is 4.43. The Hall–Kier alpha value is -1.83. The molecule has 0 bridgehead atoms. The van der Waals surface area contributed by atoms with Crippen LogP contribution in [-0.4, -0.2) is 24.7 Å². The fraction of sp³-hybridized carbons (Fsp3) is 0.588. The first-order valence-corrected chi connectivity index (χ1v) is 8.23.